The van der Waals surface area contributed by atoms with Crippen LogP contribution in [-0.4, -0.2) is 97.4 Å². The van der Waals surface area contributed by atoms with Gasteiger partial charge in [-0.05, 0) is 87.9 Å². The topological polar surface area (TPSA) is 238 Å². The number of nitrogens with two attached hydrogens (primary N) is 1. The van der Waals surface area contributed by atoms with Crippen LogP contribution in [0.2, 0.25) is 0 Å². The van der Waals surface area contributed by atoms with Crippen LogP contribution in [0.15, 0.2) is 96.1 Å². The number of rotatable bonds is 24. The van der Waals surface area contributed by atoms with Crippen LogP contribution >= 0.6 is 56.7 Å². The molecule has 1 aliphatic heterocycles. The lowest BCUT2D eigenvalue weighted by Gasteiger charge is -2.18. The standard InChI is InChI=1S/C19H24N2O3S.C18H19N3O2S2.C17H18N4O2S2/c1-2-3-4-9-14(20-18(23)15-10-7-12-24-15)17(22)19-21-13-8-5-6-11-16(13)25-19;1-2-3-4-8-13(20-16(23)18-19-10-11-24-18)15(22)17-21-12-7-5-6-9-14(12)25-17;18-8-4-3-6-12(20-16(23)14-9-19-10-24-14)15(22)17-21-11-5-1-2-7-13(11)25-17/h5-6,8,11,14-15H,2-4,7,9-10,12H2,1H3,(H,20,23);5-7,9-11,13H,2-4,8H2,1H3,(H,20,23);1-2,5,7,9-10,12H,3-4,6,8,18H2,(H,20,23). The van der Waals surface area contributed by atoms with Gasteiger partial charge in [-0.25, -0.2) is 19.9 Å². The Morgan fingerprint density at radius 2 is 1.09 bits per heavy atom. The summed E-state index contributed by atoms with van der Waals surface area (Å²) in [4.78, 5) is 97.5. The van der Waals surface area contributed by atoms with E-state index in [9.17, 15) is 28.8 Å². The molecule has 3 aromatic carbocycles. The summed E-state index contributed by atoms with van der Waals surface area (Å²) >= 11 is 6.62. The predicted molar refractivity (Wildman–Crippen MR) is 301 cm³/mol. The lowest BCUT2D eigenvalue weighted by Crippen LogP contribution is -2.45. The maximum atomic E-state index is 13.0. The van der Waals surface area contributed by atoms with Gasteiger partial charge in [-0.15, -0.1) is 56.7 Å². The molecule has 6 heterocycles. The average molecular weight is 1110 g/mol. The molecule has 21 heteroatoms. The zero-order chi connectivity index (χ0) is 52.9. The molecule has 1 saturated heterocycles. The quantitative estimate of drug-likeness (QED) is 0.0326. The first-order valence-corrected chi connectivity index (χ1v) is 29.5. The van der Waals surface area contributed by atoms with Crippen molar-refractivity contribution in [3.8, 4) is 0 Å². The third-order valence-electron chi connectivity index (χ3n) is 12.0. The van der Waals surface area contributed by atoms with Gasteiger partial charge < -0.3 is 26.4 Å². The first kappa shape index (κ1) is 56.7. The second kappa shape index (κ2) is 29.3. The molecule has 0 aliphatic carbocycles. The molecule has 1 aliphatic rings. The molecule has 0 saturated carbocycles. The van der Waals surface area contributed by atoms with Crippen LogP contribution in [0.1, 0.15) is 146 Å². The summed E-state index contributed by atoms with van der Waals surface area (Å²) in [6.07, 6.45) is 13.6. The van der Waals surface area contributed by atoms with Gasteiger partial charge in [0.05, 0.1) is 60.5 Å². The van der Waals surface area contributed by atoms with Crippen molar-refractivity contribution < 1.29 is 33.5 Å². The molecule has 16 nitrogen and oxygen atoms in total. The molecule has 5 aromatic heterocycles. The molecule has 75 heavy (non-hydrogen) atoms. The minimum atomic E-state index is -0.610. The van der Waals surface area contributed by atoms with Crippen LogP contribution in [0.4, 0.5) is 0 Å². The van der Waals surface area contributed by atoms with Crippen LogP contribution in [0.25, 0.3) is 30.6 Å². The summed E-state index contributed by atoms with van der Waals surface area (Å²) in [5, 5.41) is 12.0. The molecule has 0 bridgehead atoms. The third kappa shape index (κ3) is 16.2. The van der Waals surface area contributed by atoms with Gasteiger partial charge in [0, 0.05) is 18.2 Å². The van der Waals surface area contributed by atoms with Crippen LogP contribution in [0, 0.1) is 0 Å². The molecule has 1 fully saturated rings. The van der Waals surface area contributed by atoms with Crippen LogP contribution in [-0.2, 0) is 9.53 Å². The van der Waals surface area contributed by atoms with E-state index in [1.54, 1.807) is 17.1 Å². The summed E-state index contributed by atoms with van der Waals surface area (Å²) in [6, 6.07) is 21.3. The second-order valence-electron chi connectivity index (χ2n) is 17.6. The predicted octanol–water partition coefficient (Wildman–Crippen LogP) is 10.9. The number of carbonyl (C=O) groups is 6. The number of unbranched alkanes of at least 4 members (excludes halogenated alkanes) is 5. The maximum Gasteiger partial charge on any atom is 0.280 e. The molecule has 9 rings (SSSR count). The van der Waals surface area contributed by atoms with Crippen molar-refractivity contribution in [2.24, 2.45) is 5.73 Å². The zero-order valence-electron chi connectivity index (χ0n) is 41.9. The minimum absolute atomic E-state index is 0.0938. The number of benzene rings is 3. The van der Waals surface area contributed by atoms with Gasteiger partial charge in [0.1, 0.15) is 11.0 Å². The molecule has 3 amide bonds. The lowest BCUT2D eigenvalue weighted by atomic mass is 10.0. The van der Waals surface area contributed by atoms with E-state index in [0.29, 0.717) is 57.3 Å². The van der Waals surface area contributed by atoms with Crippen LogP contribution in [0.3, 0.4) is 0 Å². The van der Waals surface area contributed by atoms with Crippen molar-refractivity contribution in [3.63, 3.8) is 0 Å². The Morgan fingerprint density at radius 1 is 0.613 bits per heavy atom. The minimum Gasteiger partial charge on any atom is -0.368 e. The first-order chi connectivity index (χ1) is 36.6. The monoisotopic (exact) mass is 1110 g/mol. The number of nitrogens with one attached hydrogen (secondary N) is 3. The number of ketones is 3. The highest BCUT2D eigenvalue weighted by Gasteiger charge is 2.31. The Bertz CT molecular complexity index is 2870. The summed E-state index contributed by atoms with van der Waals surface area (Å²) in [5.41, 5.74) is 9.57. The fourth-order valence-electron chi connectivity index (χ4n) is 8.04. The number of para-hydroxylation sites is 3. The Hall–Kier alpha value is -6.07. The van der Waals surface area contributed by atoms with Gasteiger partial charge in [0.15, 0.2) is 20.0 Å². The molecular weight excluding hydrogens is 1050 g/mol. The number of carbonyl (C=O) groups excluding carboxylic acids is 6. The maximum absolute atomic E-state index is 13.0. The molecular formula is C54H61N9O7S5. The highest BCUT2D eigenvalue weighted by Crippen LogP contribution is 2.27. The molecule has 4 unspecified atom stereocenters. The highest BCUT2D eigenvalue weighted by atomic mass is 32.1. The molecule has 0 spiro atoms. The van der Waals surface area contributed by atoms with Crippen LogP contribution in [0.5, 0.6) is 0 Å². The number of fused-ring (bicyclic) bond motifs is 3. The normalized spacial score (nSPS) is 14.3. The molecule has 0 radical (unpaired) electrons. The van der Waals surface area contributed by atoms with Crippen molar-refractivity contribution in [2.75, 3.05) is 13.2 Å². The third-order valence-corrected chi connectivity index (χ3v) is 16.7. The van der Waals surface area contributed by atoms with Gasteiger partial charge in [0.2, 0.25) is 23.3 Å². The number of ether oxygens (including phenoxy) is 1. The number of hydrogen-bond donors (Lipinski definition) is 4. The van der Waals surface area contributed by atoms with Gasteiger partial charge in [-0.3, -0.25) is 33.8 Å². The van der Waals surface area contributed by atoms with E-state index in [-0.39, 0.29) is 35.1 Å². The van der Waals surface area contributed by atoms with E-state index in [0.717, 1.165) is 94.9 Å². The van der Waals surface area contributed by atoms with E-state index in [1.165, 1.54) is 62.9 Å². The van der Waals surface area contributed by atoms with Crippen molar-refractivity contribution in [1.82, 2.24) is 40.9 Å². The van der Waals surface area contributed by atoms with Gasteiger partial charge in [-0.2, -0.15) is 0 Å². The van der Waals surface area contributed by atoms with Gasteiger partial charge >= 0.3 is 0 Å². The molecule has 8 aromatic rings. The van der Waals surface area contributed by atoms with E-state index in [2.05, 4.69) is 54.7 Å². The number of thiazole rings is 5. The van der Waals surface area contributed by atoms with Crippen molar-refractivity contribution >= 4 is 122 Å². The Morgan fingerprint density at radius 3 is 1.51 bits per heavy atom. The largest absolute Gasteiger partial charge is 0.368 e. The van der Waals surface area contributed by atoms with Gasteiger partial charge in [0.25, 0.3) is 11.8 Å². The fraction of sp³-hybridized carbons (Fsp3) is 0.389. The number of hydrogen-bond acceptors (Lipinski definition) is 18. The van der Waals surface area contributed by atoms with E-state index in [1.807, 2.05) is 72.8 Å². The summed E-state index contributed by atoms with van der Waals surface area (Å²) < 4.78 is 8.36. The van der Waals surface area contributed by atoms with Crippen LogP contribution < -0.4 is 21.7 Å². The van der Waals surface area contributed by atoms with E-state index < -0.39 is 24.2 Å². The SMILES string of the molecule is CCCCCC(NC(=O)C1CCCO1)C(=O)c1nc2ccccc2s1.CCCCCC(NC(=O)c1nccs1)C(=O)c1nc2ccccc2s1.NCCCCC(NC(=O)c1cncs1)C(=O)c1nc2ccccc2s1. The first-order valence-electron chi connectivity index (χ1n) is 25.3. The molecule has 394 valence electrons. The summed E-state index contributed by atoms with van der Waals surface area (Å²) in [7, 11) is 0. The molecule has 4 atom stereocenters. The number of amides is 3. The Balaban J connectivity index is 0.000000164. The number of nitrogens with zero attached hydrogens (tertiary/aromatic N) is 5. The summed E-state index contributed by atoms with van der Waals surface area (Å²) in [5.74, 6) is -1.13. The zero-order valence-corrected chi connectivity index (χ0v) is 45.9. The average Bonchev–Trinajstić information content (AvgIpc) is 4.30. The highest BCUT2D eigenvalue weighted by molar-refractivity contribution is 7.21. The van der Waals surface area contributed by atoms with Gasteiger partial charge in [-0.1, -0.05) is 88.8 Å². The molecule has 5 N–H and O–H groups in total. The Labute approximate surface area is 455 Å². The van der Waals surface area contributed by atoms with Crippen molar-refractivity contribution in [3.05, 3.63) is 121 Å². The number of Topliss-reactive ketones (excluding diaryl/α,β-unsaturated/α-hetero) is 3. The summed E-state index contributed by atoms with van der Waals surface area (Å²) in [6.45, 7) is 5.41. The number of aromatic nitrogens is 5. The van der Waals surface area contributed by atoms with E-state index >= 15 is 0 Å². The van der Waals surface area contributed by atoms with E-state index in [4.69, 9.17) is 10.5 Å². The van der Waals surface area contributed by atoms with Crippen molar-refractivity contribution in [1.29, 1.82) is 0 Å². The van der Waals surface area contributed by atoms with Crippen molar-refractivity contribution in [2.45, 2.75) is 122 Å². The fourth-order valence-corrected chi connectivity index (χ4v) is 12.0. The Kier molecular flexibility index (Phi) is 22.1. The smallest absolute Gasteiger partial charge is 0.280 e. The second-order valence-corrected chi connectivity index (χ2v) is 22.5. The lowest BCUT2D eigenvalue weighted by molar-refractivity contribution is -0.130.